The van der Waals surface area contributed by atoms with Crippen LogP contribution in [-0.2, 0) is 11.1 Å². The van der Waals surface area contributed by atoms with E-state index in [-0.39, 0.29) is 5.30 Å². The second kappa shape index (κ2) is 7.87. The monoisotopic (exact) mass is 399 g/mol. The van der Waals surface area contributed by atoms with Crippen LogP contribution in [0.1, 0.15) is 11.1 Å². The fraction of sp³-hybridized carbons (Fsp3) is 0.158. The summed E-state index contributed by atoms with van der Waals surface area (Å²) in [6.07, 6.45) is 1.48. The summed E-state index contributed by atoms with van der Waals surface area (Å²) in [5.41, 5.74) is 2.39. The maximum Gasteiger partial charge on any atom is 0.356 e. The minimum atomic E-state index is -4.27. The number of nitrogens with one attached hydrogen (secondary N) is 1. The van der Waals surface area contributed by atoms with Gasteiger partial charge in [-0.2, -0.15) is 5.26 Å². The van der Waals surface area contributed by atoms with Crippen LogP contribution in [0.2, 0.25) is 0 Å². The largest absolute Gasteiger partial charge is 0.493 e. The Bertz CT molecular complexity index is 1100. The number of hydrogen-bond acceptors (Lipinski definition) is 6. The highest BCUT2D eigenvalue weighted by Gasteiger charge is 2.17. The van der Waals surface area contributed by atoms with E-state index in [1.807, 2.05) is 0 Å². The van der Waals surface area contributed by atoms with E-state index in [2.05, 4.69) is 16.4 Å². The van der Waals surface area contributed by atoms with Gasteiger partial charge in [-0.15, -0.1) is 0 Å². The van der Waals surface area contributed by atoms with Gasteiger partial charge in [0.25, 0.3) is 0 Å². The van der Waals surface area contributed by atoms with E-state index in [0.29, 0.717) is 40.2 Å². The molecule has 1 heterocycles. The maximum atomic E-state index is 11.3. The molecule has 1 aromatic heterocycles. The minimum absolute atomic E-state index is 0.0415. The average molecular weight is 399 g/mol. The van der Waals surface area contributed by atoms with Crippen LogP contribution in [-0.4, -0.2) is 29.0 Å². The number of anilines is 1. The van der Waals surface area contributed by atoms with Gasteiger partial charge in [0.2, 0.25) is 0 Å². The Hall–Kier alpha value is -3.11. The zero-order valence-corrected chi connectivity index (χ0v) is 16.1. The van der Waals surface area contributed by atoms with E-state index >= 15 is 0 Å². The lowest BCUT2D eigenvalue weighted by atomic mass is 10.1. The van der Waals surface area contributed by atoms with Crippen molar-refractivity contribution in [3.05, 3.63) is 53.7 Å². The van der Waals surface area contributed by atoms with Crippen molar-refractivity contribution in [2.24, 2.45) is 0 Å². The molecule has 0 aliphatic rings. The Morgan fingerprint density at radius 1 is 1.14 bits per heavy atom. The van der Waals surface area contributed by atoms with Crippen LogP contribution in [0.5, 0.6) is 11.5 Å². The van der Waals surface area contributed by atoms with Crippen molar-refractivity contribution in [3.63, 3.8) is 0 Å². The molecule has 9 heteroatoms. The summed E-state index contributed by atoms with van der Waals surface area (Å²) in [6, 6.07) is 11.6. The lowest BCUT2D eigenvalue weighted by Crippen LogP contribution is -2.06. The molecule has 0 aliphatic heterocycles. The molecule has 3 N–H and O–H groups in total. The van der Waals surface area contributed by atoms with Gasteiger partial charge in [-0.25, -0.2) is 0 Å². The summed E-state index contributed by atoms with van der Waals surface area (Å²) in [5.74, 6) is 1.05. The van der Waals surface area contributed by atoms with Gasteiger partial charge >= 0.3 is 7.60 Å². The molecule has 3 aromatic rings. The number of pyridine rings is 1. The lowest BCUT2D eigenvalue weighted by Gasteiger charge is -2.14. The van der Waals surface area contributed by atoms with Crippen LogP contribution < -0.4 is 20.1 Å². The Balaban J connectivity index is 1.97. The fourth-order valence-electron chi connectivity index (χ4n) is 2.79. The molecule has 0 unspecified atom stereocenters. The number of aromatic nitrogens is 1. The van der Waals surface area contributed by atoms with E-state index in [1.54, 1.807) is 24.3 Å². The van der Waals surface area contributed by atoms with Crippen LogP contribution in [0.15, 0.2) is 42.6 Å². The molecule has 0 saturated heterocycles. The minimum Gasteiger partial charge on any atom is -0.493 e. The van der Waals surface area contributed by atoms with E-state index in [1.165, 1.54) is 32.5 Å². The number of fused-ring (bicyclic) bond motifs is 1. The average Bonchev–Trinajstić information content (AvgIpc) is 2.70. The van der Waals surface area contributed by atoms with Crippen molar-refractivity contribution in [2.45, 2.75) is 6.54 Å². The first-order chi connectivity index (χ1) is 13.4. The standard InChI is InChI=1S/C19H18N3O5P/c1-26-17-7-15-16(8-18(17)27-2)21-11-13(9-20)19(15)22-10-12-3-5-14(6-4-12)28(23,24)25/h3-8,11H,10H2,1-2H3,(H,21,22)(H2,23,24,25). The number of methoxy groups -OCH3 is 2. The van der Waals surface area contributed by atoms with Crippen molar-refractivity contribution >= 4 is 29.5 Å². The molecule has 0 amide bonds. The van der Waals surface area contributed by atoms with Crippen LogP contribution >= 0.6 is 7.60 Å². The van der Waals surface area contributed by atoms with E-state index < -0.39 is 7.60 Å². The summed E-state index contributed by atoms with van der Waals surface area (Å²) in [7, 11) is -1.21. The number of nitrogens with zero attached hydrogens (tertiary/aromatic N) is 2. The number of nitriles is 1. The summed E-state index contributed by atoms with van der Waals surface area (Å²) < 4.78 is 21.9. The third-order valence-corrected chi connectivity index (χ3v) is 5.21. The molecule has 3 rings (SSSR count). The SMILES string of the molecule is COc1cc2ncc(C#N)c(NCc3ccc(P(=O)(O)O)cc3)c2cc1OC. The highest BCUT2D eigenvalue weighted by molar-refractivity contribution is 7.60. The zero-order chi connectivity index (χ0) is 20.3. The Labute approximate surface area is 161 Å². The summed E-state index contributed by atoms with van der Waals surface area (Å²) >= 11 is 0. The predicted octanol–water partition coefficient (Wildman–Crippen LogP) is 2.54. The number of ether oxygens (including phenoxy) is 2. The van der Waals surface area contributed by atoms with Gasteiger partial charge in [-0.1, -0.05) is 12.1 Å². The molecule has 28 heavy (non-hydrogen) atoms. The van der Waals surface area contributed by atoms with Crippen molar-refractivity contribution in [1.82, 2.24) is 4.98 Å². The molecule has 0 saturated carbocycles. The quantitative estimate of drug-likeness (QED) is 0.540. The lowest BCUT2D eigenvalue weighted by molar-refractivity contribution is 0.356. The molecule has 0 fully saturated rings. The topological polar surface area (TPSA) is 125 Å². The van der Waals surface area contributed by atoms with Gasteiger partial charge < -0.3 is 24.6 Å². The first-order valence-electron chi connectivity index (χ1n) is 8.21. The second-order valence-corrected chi connectivity index (χ2v) is 7.55. The smallest absolute Gasteiger partial charge is 0.356 e. The predicted molar refractivity (Wildman–Crippen MR) is 105 cm³/mol. The Morgan fingerprint density at radius 3 is 2.36 bits per heavy atom. The van der Waals surface area contributed by atoms with Crippen LogP contribution in [0.25, 0.3) is 10.9 Å². The van der Waals surface area contributed by atoms with Gasteiger partial charge in [0, 0.05) is 24.2 Å². The molecule has 144 valence electrons. The molecule has 0 spiro atoms. The van der Waals surface area contributed by atoms with E-state index in [4.69, 9.17) is 9.47 Å². The molecule has 0 aliphatic carbocycles. The molecule has 0 radical (unpaired) electrons. The van der Waals surface area contributed by atoms with Gasteiger partial charge in [-0.3, -0.25) is 9.55 Å². The zero-order valence-electron chi connectivity index (χ0n) is 15.2. The number of benzene rings is 2. The van der Waals surface area contributed by atoms with Crippen molar-refractivity contribution in [2.75, 3.05) is 19.5 Å². The van der Waals surface area contributed by atoms with Crippen LogP contribution in [0.3, 0.4) is 0 Å². The number of rotatable bonds is 6. The van der Waals surface area contributed by atoms with E-state index in [0.717, 1.165) is 5.56 Å². The Morgan fingerprint density at radius 2 is 1.79 bits per heavy atom. The fourth-order valence-corrected chi connectivity index (χ4v) is 3.33. The first kappa shape index (κ1) is 19.6. The first-order valence-corrected chi connectivity index (χ1v) is 9.82. The highest BCUT2D eigenvalue weighted by atomic mass is 31.2. The molecule has 8 nitrogen and oxygen atoms in total. The third-order valence-electron chi connectivity index (χ3n) is 4.24. The van der Waals surface area contributed by atoms with Gasteiger partial charge in [0.15, 0.2) is 11.5 Å². The van der Waals surface area contributed by atoms with Gasteiger partial charge in [-0.05, 0) is 23.8 Å². The van der Waals surface area contributed by atoms with Crippen molar-refractivity contribution in [3.8, 4) is 17.6 Å². The molecule has 0 atom stereocenters. The maximum absolute atomic E-state index is 11.3. The van der Waals surface area contributed by atoms with Crippen molar-refractivity contribution in [1.29, 1.82) is 5.26 Å². The number of hydrogen-bond donors (Lipinski definition) is 3. The molecular formula is C19H18N3O5P. The normalized spacial score (nSPS) is 11.1. The van der Waals surface area contributed by atoms with E-state index in [9.17, 15) is 19.6 Å². The summed E-state index contributed by atoms with van der Waals surface area (Å²) in [6.45, 7) is 0.351. The molecule has 2 aromatic carbocycles. The van der Waals surface area contributed by atoms with Crippen molar-refractivity contribution < 1.29 is 23.8 Å². The van der Waals surface area contributed by atoms with Crippen LogP contribution in [0.4, 0.5) is 5.69 Å². The summed E-state index contributed by atoms with van der Waals surface area (Å²) in [5, 5.41) is 13.3. The second-order valence-electron chi connectivity index (χ2n) is 5.95. The molecule has 0 bridgehead atoms. The third kappa shape index (κ3) is 3.92. The van der Waals surface area contributed by atoms with Gasteiger partial charge in [0.1, 0.15) is 6.07 Å². The molecular weight excluding hydrogens is 381 g/mol. The van der Waals surface area contributed by atoms with Crippen LogP contribution in [0, 0.1) is 11.3 Å². The highest BCUT2D eigenvalue weighted by Crippen LogP contribution is 2.36. The summed E-state index contributed by atoms with van der Waals surface area (Å²) in [4.78, 5) is 22.7. The van der Waals surface area contributed by atoms with Gasteiger partial charge in [0.05, 0.1) is 36.3 Å². The Kier molecular flexibility index (Phi) is 5.52.